The van der Waals surface area contributed by atoms with Crippen LogP contribution in [0.5, 0.6) is 28.7 Å². The summed E-state index contributed by atoms with van der Waals surface area (Å²) >= 11 is 0. The molecule has 11 heteroatoms. The number of hydrogen-bond acceptors (Lipinski definition) is 9. The van der Waals surface area contributed by atoms with E-state index in [1.807, 2.05) is 44.2 Å². The molecule has 11 nitrogen and oxygen atoms in total. The molecule has 1 aliphatic carbocycles. The van der Waals surface area contributed by atoms with Gasteiger partial charge in [0.2, 0.25) is 23.0 Å². The van der Waals surface area contributed by atoms with Gasteiger partial charge in [-0.05, 0) is 77.8 Å². The van der Waals surface area contributed by atoms with Gasteiger partial charge in [-0.25, -0.2) is 0 Å². The molecule has 2 amide bonds. The number of methoxy groups -OCH3 is 5. The lowest BCUT2D eigenvalue weighted by molar-refractivity contribution is -0.122. The molecule has 0 unspecified atom stereocenters. The molecule has 0 fully saturated rings. The molecule has 0 bridgehead atoms. The largest absolute Gasteiger partial charge is 0.493 e. The summed E-state index contributed by atoms with van der Waals surface area (Å²) in [6.45, 7) is 5.68. The molecule has 4 rings (SSSR count). The number of ether oxygens (including phenoxy) is 5. The van der Waals surface area contributed by atoms with Crippen LogP contribution in [0, 0.1) is 5.92 Å². The Hall–Kier alpha value is -4.93. The number of amides is 2. The Morgan fingerprint density at radius 3 is 2.17 bits per heavy atom. The van der Waals surface area contributed by atoms with Gasteiger partial charge >= 0.3 is 0 Å². The number of aryl methyl sites for hydroxylation is 1. The molecule has 0 saturated carbocycles. The topological polar surface area (TPSA) is 133 Å². The van der Waals surface area contributed by atoms with E-state index in [1.54, 1.807) is 34.5 Å². The second-order valence-corrected chi connectivity index (χ2v) is 11.7. The van der Waals surface area contributed by atoms with E-state index in [2.05, 4.69) is 16.0 Å². The molecule has 0 spiro atoms. The first-order valence-corrected chi connectivity index (χ1v) is 15.6. The summed E-state index contributed by atoms with van der Waals surface area (Å²) in [5, 5.41) is 9.23. The van der Waals surface area contributed by atoms with Gasteiger partial charge in [-0.3, -0.25) is 14.4 Å². The number of carbonyl (C=O) groups is 2. The summed E-state index contributed by atoms with van der Waals surface area (Å²) in [6.07, 6.45) is 1.71. The number of carbonyl (C=O) groups excluding carboxylic acids is 2. The van der Waals surface area contributed by atoms with Crippen molar-refractivity contribution in [3.05, 3.63) is 69.4 Å². The summed E-state index contributed by atoms with van der Waals surface area (Å²) in [5.74, 6) is 2.09. The first kappa shape index (κ1) is 34.9. The van der Waals surface area contributed by atoms with Crippen LogP contribution in [0.15, 0.2) is 47.3 Å². The van der Waals surface area contributed by atoms with Crippen LogP contribution in [0.25, 0.3) is 11.1 Å². The quantitative estimate of drug-likeness (QED) is 0.242. The third kappa shape index (κ3) is 7.73. The van der Waals surface area contributed by atoms with Gasteiger partial charge in [0.25, 0.3) is 0 Å². The standard InChI is InChI=1S/C36H45N3O8/c1-20(2)33(36(42)37-16-15-22-9-14-29(43-4)30(17-22)44-5)39-27-13-11-24-25(19-28(27)41)26(38-21(3)40)12-10-23-18-31(45-6)34(46-7)35(47-8)32(23)24/h9,11,13-14,17-20,26,33H,10,12,15-16H2,1-8H3,(H,37,42)(H,38,40)(H,39,41)/t26-,33+/m0/s1. The van der Waals surface area contributed by atoms with Gasteiger partial charge < -0.3 is 39.6 Å². The highest BCUT2D eigenvalue weighted by Crippen LogP contribution is 2.50. The van der Waals surface area contributed by atoms with Crippen LogP contribution in [-0.2, 0) is 22.4 Å². The van der Waals surface area contributed by atoms with Crippen LogP contribution < -0.4 is 45.1 Å². The molecule has 252 valence electrons. The lowest BCUT2D eigenvalue weighted by Gasteiger charge is -2.22. The molecular weight excluding hydrogens is 602 g/mol. The van der Waals surface area contributed by atoms with Crippen molar-refractivity contribution in [2.45, 2.75) is 52.1 Å². The predicted octanol–water partition coefficient (Wildman–Crippen LogP) is 4.68. The van der Waals surface area contributed by atoms with Crippen molar-refractivity contribution >= 4 is 17.5 Å². The van der Waals surface area contributed by atoms with E-state index < -0.39 is 12.1 Å². The van der Waals surface area contributed by atoms with Gasteiger partial charge in [-0.15, -0.1) is 0 Å². The number of hydrogen-bond donors (Lipinski definition) is 3. The maximum Gasteiger partial charge on any atom is 0.242 e. The molecule has 1 aliphatic rings. The minimum absolute atomic E-state index is 0.136. The first-order valence-electron chi connectivity index (χ1n) is 15.6. The monoisotopic (exact) mass is 647 g/mol. The van der Waals surface area contributed by atoms with Gasteiger partial charge in [0.05, 0.1) is 47.3 Å². The number of rotatable bonds is 13. The highest BCUT2D eigenvalue weighted by Gasteiger charge is 2.30. The molecule has 0 heterocycles. The smallest absolute Gasteiger partial charge is 0.242 e. The fraction of sp³-hybridized carbons (Fsp3) is 0.417. The predicted molar refractivity (Wildman–Crippen MR) is 181 cm³/mol. The number of anilines is 1. The SMILES string of the molecule is COc1ccc(CCNC(=O)[C@H](Nc2ccc3c(cc2=O)[C@@H](NC(C)=O)CCc2cc(OC)c(OC)c(OC)c2-3)C(C)C)cc1OC. The van der Waals surface area contributed by atoms with Crippen molar-refractivity contribution in [1.29, 1.82) is 0 Å². The summed E-state index contributed by atoms with van der Waals surface area (Å²) in [6, 6.07) is 11.5. The van der Waals surface area contributed by atoms with E-state index in [0.29, 0.717) is 65.7 Å². The molecule has 2 atom stereocenters. The summed E-state index contributed by atoms with van der Waals surface area (Å²) in [4.78, 5) is 39.5. The van der Waals surface area contributed by atoms with Gasteiger partial charge in [0.15, 0.2) is 23.0 Å². The Bertz CT molecular complexity index is 1670. The van der Waals surface area contributed by atoms with E-state index >= 15 is 0 Å². The van der Waals surface area contributed by atoms with Crippen LogP contribution in [0.2, 0.25) is 0 Å². The Morgan fingerprint density at radius 1 is 0.851 bits per heavy atom. The second kappa shape index (κ2) is 15.6. The molecular formula is C36H45N3O8. The fourth-order valence-corrected chi connectivity index (χ4v) is 6.01. The van der Waals surface area contributed by atoms with Gasteiger partial charge in [0.1, 0.15) is 6.04 Å². The average Bonchev–Trinajstić information content (AvgIpc) is 3.30. The van der Waals surface area contributed by atoms with Crippen LogP contribution >= 0.6 is 0 Å². The molecule has 0 aliphatic heterocycles. The lowest BCUT2D eigenvalue weighted by Crippen LogP contribution is -2.44. The third-order valence-corrected chi connectivity index (χ3v) is 8.34. The Labute approximate surface area is 275 Å². The zero-order chi connectivity index (χ0) is 34.2. The Kier molecular flexibility index (Phi) is 11.6. The molecule has 0 radical (unpaired) electrons. The zero-order valence-electron chi connectivity index (χ0n) is 28.4. The minimum atomic E-state index is -0.687. The number of benzene rings is 2. The highest BCUT2D eigenvalue weighted by atomic mass is 16.5. The average molecular weight is 648 g/mol. The third-order valence-electron chi connectivity index (χ3n) is 8.34. The minimum Gasteiger partial charge on any atom is -0.493 e. The molecule has 3 N–H and O–H groups in total. The summed E-state index contributed by atoms with van der Waals surface area (Å²) in [7, 11) is 7.82. The van der Waals surface area contributed by atoms with E-state index in [4.69, 9.17) is 23.7 Å². The molecule has 47 heavy (non-hydrogen) atoms. The highest BCUT2D eigenvalue weighted by molar-refractivity contribution is 5.86. The van der Waals surface area contributed by atoms with Crippen molar-refractivity contribution in [2.75, 3.05) is 47.4 Å². The number of fused-ring (bicyclic) bond motifs is 3. The first-order chi connectivity index (χ1) is 22.6. The molecule has 0 aromatic heterocycles. The van der Waals surface area contributed by atoms with E-state index in [0.717, 1.165) is 16.7 Å². The van der Waals surface area contributed by atoms with E-state index in [-0.39, 0.29) is 28.8 Å². The van der Waals surface area contributed by atoms with E-state index in [1.165, 1.54) is 20.1 Å². The molecule has 3 aromatic carbocycles. The van der Waals surface area contributed by atoms with Crippen molar-refractivity contribution in [3.8, 4) is 39.9 Å². The second-order valence-electron chi connectivity index (χ2n) is 11.7. The zero-order valence-corrected chi connectivity index (χ0v) is 28.4. The van der Waals surface area contributed by atoms with Crippen LogP contribution in [-0.4, -0.2) is 59.9 Å². The van der Waals surface area contributed by atoms with Crippen molar-refractivity contribution in [2.24, 2.45) is 5.92 Å². The maximum absolute atomic E-state index is 13.8. The maximum atomic E-state index is 13.8. The van der Waals surface area contributed by atoms with Crippen LogP contribution in [0.4, 0.5) is 5.69 Å². The molecule has 0 saturated heterocycles. The van der Waals surface area contributed by atoms with Gasteiger partial charge in [0, 0.05) is 19.0 Å². The Morgan fingerprint density at radius 2 is 1.55 bits per heavy atom. The molecule has 3 aromatic rings. The lowest BCUT2D eigenvalue weighted by atomic mass is 9.95. The van der Waals surface area contributed by atoms with Crippen LogP contribution in [0.1, 0.15) is 49.9 Å². The fourth-order valence-electron chi connectivity index (χ4n) is 6.01. The van der Waals surface area contributed by atoms with Crippen LogP contribution in [0.3, 0.4) is 0 Å². The van der Waals surface area contributed by atoms with Crippen molar-refractivity contribution in [3.63, 3.8) is 0 Å². The Balaban J connectivity index is 1.69. The van der Waals surface area contributed by atoms with Crippen molar-refractivity contribution in [1.82, 2.24) is 10.6 Å². The summed E-state index contributed by atoms with van der Waals surface area (Å²) < 4.78 is 27.8. The van der Waals surface area contributed by atoms with Crippen molar-refractivity contribution < 1.29 is 33.3 Å². The number of nitrogens with one attached hydrogen (secondary N) is 3. The van der Waals surface area contributed by atoms with Gasteiger partial charge in [-0.1, -0.05) is 26.0 Å². The summed E-state index contributed by atoms with van der Waals surface area (Å²) in [5.41, 5.74) is 3.96. The van der Waals surface area contributed by atoms with E-state index in [9.17, 15) is 14.4 Å². The normalized spacial score (nSPS) is 14.1. The van der Waals surface area contributed by atoms with Gasteiger partial charge in [-0.2, -0.15) is 0 Å².